The zero-order valence-electron chi connectivity index (χ0n) is 13.7. The van der Waals surface area contributed by atoms with Gasteiger partial charge in [0.1, 0.15) is 11.6 Å². The fourth-order valence-electron chi connectivity index (χ4n) is 1.52. The lowest BCUT2D eigenvalue weighted by Gasteiger charge is -2.15. The number of carboxylic acids is 1. The van der Waals surface area contributed by atoms with E-state index in [-0.39, 0.29) is 12.0 Å². The van der Waals surface area contributed by atoms with Crippen LogP contribution in [0.4, 0.5) is 13.6 Å². The highest BCUT2D eigenvalue weighted by molar-refractivity contribution is 5.70. The third kappa shape index (κ3) is 12.1. The van der Waals surface area contributed by atoms with Crippen LogP contribution < -0.4 is 5.32 Å². The van der Waals surface area contributed by atoms with E-state index >= 15 is 0 Å². The average Bonchev–Trinajstić information content (AvgIpc) is 2.30. The highest BCUT2D eigenvalue weighted by Gasteiger charge is 2.18. The van der Waals surface area contributed by atoms with Crippen molar-refractivity contribution in [3.63, 3.8) is 0 Å². The quantitative estimate of drug-likeness (QED) is 0.768. The van der Waals surface area contributed by atoms with Crippen LogP contribution in [-0.4, -0.2) is 28.3 Å². The molecule has 3 N–H and O–H groups in total. The molecule has 23 heavy (non-hydrogen) atoms. The van der Waals surface area contributed by atoms with E-state index in [2.05, 4.69) is 27.7 Å². The van der Waals surface area contributed by atoms with E-state index in [4.69, 9.17) is 10.2 Å². The number of rotatable bonds is 5. The Morgan fingerprint density at radius 1 is 1.17 bits per heavy atom. The van der Waals surface area contributed by atoms with E-state index in [9.17, 15) is 18.4 Å². The Hall–Kier alpha value is -2.18. The first-order valence-electron chi connectivity index (χ1n) is 7.03. The van der Waals surface area contributed by atoms with E-state index in [1.807, 2.05) is 5.32 Å². The number of amides is 1. The second-order valence-electron chi connectivity index (χ2n) is 6.68. The van der Waals surface area contributed by atoms with Crippen LogP contribution in [0.3, 0.4) is 0 Å². The number of hydrogen-bond donors (Lipinski definition) is 3. The summed E-state index contributed by atoms with van der Waals surface area (Å²) in [5, 5.41) is 19.1. The van der Waals surface area contributed by atoms with Crippen molar-refractivity contribution < 1.29 is 28.6 Å². The molecule has 1 amide bonds. The molecule has 0 heterocycles. The standard InChI is InChI=1S/C11H11F2NO4.C5H12/c12-7-1-2-9(13)6(3-7)4-8(5-10(15)16)14-11(17)18;1-5(2,3)4/h1-3,8,14H,4-5H2,(H,15,16)(H,17,18);1-4H3/t8-;/m1./s1. The van der Waals surface area contributed by atoms with Gasteiger partial charge in [-0.15, -0.1) is 0 Å². The highest BCUT2D eigenvalue weighted by atomic mass is 19.1. The van der Waals surface area contributed by atoms with Crippen molar-refractivity contribution in [2.45, 2.75) is 46.6 Å². The maximum absolute atomic E-state index is 13.3. The van der Waals surface area contributed by atoms with Crippen LogP contribution >= 0.6 is 0 Å². The molecule has 130 valence electrons. The average molecular weight is 331 g/mol. The van der Waals surface area contributed by atoms with Crippen LogP contribution in [0.25, 0.3) is 0 Å². The van der Waals surface area contributed by atoms with Crippen molar-refractivity contribution in [1.29, 1.82) is 0 Å². The Balaban J connectivity index is 0.000000841. The van der Waals surface area contributed by atoms with Gasteiger partial charge in [-0.1, -0.05) is 27.7 Å². The SMILES string of the molecule is CC(C)(C)C.O=C(O)C[C@@H](Cc1cc(F)ccc1F)NC(=O)O. The van der Waals surface area contributed by atoms with Crippen LogP contribution in [0, 0.1) is 17.0 Å². The van der Waals surface area contributed by atoms with E-state index < -0.39 is 36.2 Å². The minimum Gasteiger partial charge on any atom is -0.481 e. The fourth-order valence-corrected chi connectivity index (χ4v) is 1.52. The van der Waals surface area contributed by atoms with Gasteiger partial charge in [0.25, 0.3) is 0 Å². The van der Waals surface area contributed by atoms with Crippen LogP contribution in [0.1, 0.15) is 39.7 Å². The van der Waals surface area contributed by atoms with Gasteiger partial charge in [-0.3, -0.25) is 4.79 Å². The normalized spacial score (nSPS) is 11.9. The zero-order valence-corrected chi connectivity index (χ0v) is 13.7. The second-order valence-corrected chi connectivity index (χ2v) is 6.68. The van der Waals surface area contributed by atoms with Gasteiger partial charge in [0.05, 0.1) is 6.42 Å². The Morgan fingerprint density at radius 3 is 2.13 bits per heavy atom. The summed E-state index contributed by atoms with van der Waals surface area (Å²) in [5.41, 5.74) is 0.426. The molecule has 0 fully saturated rings. The smallest absolute Gasteiger partial charge is 0.404 e. The molecule has 1 rings (SSSR count). The molecule has 0 aliphatic carbocycles. The Bertz CT molecular complexity index is 519. The van der Waals surface area contributed by atoms with Gasteiger partial charge in [-0.05, 0) is 35.6 Å². The van der Waals surface area contributed by atoms with E-state index in [0.29, 0.717) is 5.41 Å². The lowest BCUT2D eigenvalue weighted by molar-refractivity contribution is -0.137. The second kappa shape index (κ2) is 9.07. The van der Waals surface area contributed by atoms with Crippen LogP contribution in [0.15, 0.2) is 18.2 Å². The molecule has 0 spiro atoms. The monoisotopic (exact) mass is 331 g/mol. The minimum atomic E-state index is -1.42. The summed E-state index contributed by atoms with van der Waals surface area (Å²) < 4.78 is 26.2. The van der Waals surface area contributed by atoms with E-state index in [0.717, 1.165) is 18.2 Å². The molecule has 0 aliphatic heterocycles. The molecule has 0 bridgehead atoms. The molecule has 1 aromatic rings. The van der Waals surface area contributed by atoms with Gasteiger partial charge in [-0.25, -0.2) is 13.6 Å². The summed E-state index contributed by atoms with van der Waals surface area (Å²) in [6.45, 7) is 8.75. The summed E-state index contributed by atoms with van der Waals surface area (Å²) in [6, 6.07) is 1.73. The van der Waals surface area contributed by atoms with Gasteiger partial charge in [0.2, 0.25) is 0 Å². The molecular formula is C16H23F2NO4. The van der Waals surface area contributed by atoms with Crippen molar-refractivity contribution >= 4 is 12.1 Å². The number of carbonyl (C=O) groups is 2. The summed E-state index contributed by atoms with van der Waals surface area (Å²) in [6.07, 6.45) is -2.16. The molecule has 0 aliphatic rings. The third-order valence-corrected chi connectivity index (χ3v) is 2.22. The fraction of sp³-hybridized carbons (Fsp3) is 0.500. The lowest BCUT2D eigenvalue weighted by atomic mass is 10.0. The van der Waals surface area contributed by atoms with Crippen molar-refractivity contribution in [1.82, 2.24) is 5.32 Å². The lowest BCUT2D eigenvalue weighted by Crippen LogP contribution is -2.37. The Labute approximate surface area is 134 Å². The number of halogens is 2. The molecule has 1 aromatic carbocycles. The Morgan fingerprint density at radius 2 is 1.70 bits per heavy atom. The highest BCUT2D eigenvalue weighted by Crippen LogP contribution is 2.13. The molecule has 0 aromatic heterocycles. The summed E-state index contributed by atoms with van der Waals surface area (Å²) in [5.74, 6) is -2.61. The number of nitrogens with one attached hydrogen (secondary N) is 1. The Kier molecular flexibility index (Phi) is 8.21. The topological polar surface area (TPSA) is 86.6 Å². The predicted molar refractivity (Wildman–Crippen MR) is 82.4 cm³/mol. The van der Waals surface area contributed by atoms with Gasteiger partial charge in [0, 0.05) is 6.04 Å². The number of benzene rings is 1. The van der Waals surface area contributed by atoms with Crippen molar-refractivity contribution in [3.8, 4) is 0 Å². The number of aliphatic carboxylic acids is 1. The maximum Gasteiger partial charge on any atom is 0.404 e. The molecule has 0 radical (unpaired) electrons. The van der Waals surface area contributed by atoms with Gasteiger partial charge >= 0.3 is 12.1 Å². The first-order valence-corrected chi connectivity index (χ1v) is 7.03. The molecule has 5 nitrogen and oxygen atoms in total. The first kappa shape index (κ1) is 20.8. The maximum atomic E-state index is 13.3. The van der Waals surface area contributed by atoms with Gasteiger partial charge < -0.3 is 15.5 Å². The summed E-state index contributed by atoms with van der Waals surface area (Å²) >= 11 is 0. The van der Waals surface area contributed by atoms with E-state index in [1.165, 1.54) is 0 Å². The molecule has 1 atom stereocenters. The van der Waals surface area contributed by atoms with Gasteiger partial charge in [-0.2, -0.15) is 0 Å². The molecule has 0 saturated heterocycles. The van der Waals surface area contributed by atoms with Crippen LogP contribution in [0.2, 0.25) is 0 Å². The summed E-state index contributed by atoms with van der Waals surface area (Å²) in [7, 11) is 0. The minimum absolute atomic E-state index is 0.0741. The number of carboxylic acid groups (broad SMARTS) is 2. The van der Waals surface area contributed by atoms with Crippen LogP contribution in [0.5, 0.6) is 0 Å². The zero-order chi connectivity index (χ0) is 18.2. The first-order chi connectivity index (χ1) is 10.4. The van der Waals surface area contributed by atoms with E-state index in [1.54, 1.807) is 0 Å². The number of hydrogen-bond acceptors (Lipinski definition) is 2. The predicted octanol–water partition coefficient (Wildman–Crippen LogP) is 3.67. The van der Waals surface area contributed by atoms with Gasteiger partial charge in [0.15, 0.2) is 0 Å². The third-order valence-electron chi connectivity index (χ3n) is 2.22. The summed E-state index contributed by atoms with van der Waals surface area (Å²) in [4.78, 5) is 21.0. The van der Waals surface area contributed by atoms with Crippen LogP contribution in [-0.2, 0) is 11.2 Å². The van der Waals surface area contributed by atoms with Crippen molar-refractivity contribution in [2.24, 2.45) is 5.41 Å². The molecular weight excluding hydrogens is 308 g/mol. The largest absolute Gasteiger partial charge is 0.481 e. The molecule has 0 unspecified atom stereocenters. The molecule has 7 heteroatoms. The molecule has 0 saturated carbocycles. The van der Waals surface area contributed by atoms with Crippen molar-refractivity contribution in [2.75, 3.05) is 0 Å². The van der Waals surface area contributed by atoms with Crippen molar-refractivity contribution in [3.05, 3.63) is 35.4 Å².